The van der Waals surface area contributed by atoms with Crippen LogP contribution in [0, 0.1) is 5.92 Å². The maximum atomic E-state index is 13.3. The van der Waals surface area contributed by atoms with Gasteiger partial charge in [-0.25, -0.2) is 4.79 Å². The normalized spacial score (nSPS) is 26.8. The van der Waals surface area contributed by atoms with Gasteiger partial charge in [0.15, 0.2) is 0 Å². The smallest absolute Gasteiger partial charge is 0.410 e. The van der Waals surface area contributed by atoms with E-state index in [9.17, 15) is 14.4 Å². The summed E-state index contributed by atoms with van der Waals surface area (Å²) in [7, 11) is 0. The molecule has 0 saturated carbocycles. The number of carbonyl (C=O) groups excluding carboxylic acids is 2. The maximum Gasteiger partial charge on any atom is 0.410 e. The number of ether oxygens (including phenoxy) is 1. The van der Waals surface area contributed by atoms with Gasteiger partial charge in [-0.15, -0.1) is 0 Å². The fraction of sp³-hybridized carbons (Fsp3) is 0.667. The van der Waals surface area contributed by atoms with Crippen molar-refractivity contribution < 1.29 is 14.3 Å². The van der Waals surface area contributed by atoms with Crippen molar-refractivity contribution in [2.24, 2.45) is 5.92 Å². The third-order valence-electron chi connectivity index (χ3n) is 5.96. The first-order chi connectivity index (χ1) is 13.2. The fourth-order valence-electron chi connectivity index (χ4n) is 4.85. The highest BCUT2D eigenvalue weighted by Crippen LogP contribution is 2.36. The molecular weight excluding hydrogens is 358 g/mol. The molecule has 3 aliphatic rings. The Balaban J connectivity index is 1.50. The van der Waals surface area contributed by atoms with E-state index in [1.165, 1.54) is 0 Å². The van der Waals surface area contributed by atoms with Crippen molar-refractivity contribution in [3.8, 4) is 0 Å². The Labute approximate surface area is 165 Å². The lowest BCUT2D eigenvalue weighted by Crippen LogP contribution is -2.54. The molecule has 3 aliphatic heterocycles. The van der Waals surface area contributed by atoms with Crippen LogP contribution in [0.5, 0.6) is 0 Å². The van der Waals surface area contributed by atoms with Crippen LogP contribution in [0.4, 0.5) is 4.79 Å². The van der Waals surface area contributed by atoms with E-state index in [2.05, 4.69) is 0 Å². The zero-order valence-corrected chi connectivity index (χ0v) is 16.9. The summed E-state index contributed by atoms with van der Waals surface area (Å²) in [5, 5.41) is 0. The predicted octanol–water partition coefficient (Wildman–Crippen LogP) is 2.19. The first kappa shape index (κ1) is 19.0. The van der Waals surface area contributed by atoms with Crippen LogP contribution in [0.1, 0.15) is 51.6 Å². The topological polar surface area (TPSA) is 71.8 Å². The lowest BCUT2D eigenvalue weighted by atomic mass is 9.83. The van der Waals surface area contributed by atoms with Gasteiger partial charge >= 0.3 is 6.09 Å². The van der Waals surface area contributed by atoms with E-state index in [1.807, 2.05) is 36.3 Å². The minimum Gasteiger partial charge on any atom is -0.444 e. The van der Waals surface area contributed by atoms with Gasteiger partial charge in [-0.05, 0) is 52.0 Å². The second kappa shape index (κ2) is 6.94. The number of amides is 2. The van der Waals surface area contributed by atoms with E-state index in [1.54, 1.807) is 17.0 Å². The summed E-state index contributed by atoms with van der Waals surface area (Å²) in [6.07, 6.45) is 2.10. The van der Waals surface area contributed by atoms with Gasteiger partial charge in [-0.1, -0.05) is 6.07 Å². The largest absolute Gasteiger partial charge is 0.444 e. The van der Waals surface area contributed by atoms with Crippen molar-refractivity contribution in [1.82, 2.24) is 14.4 Å². The zero-order chi connectivity index (χ0) is 20.1. The highest BCUT2D eigenvalue weighted by molar-refractivity contribution is 5.86. The third kappa shape index (κ3) is 3.54. The van der Waals surface area contributed by atoms with Crippen molar-refractivity contribution in [2.45, 2.75) is 64.1 Å². The summed E-state index contributed by atoms with van der Waals surface area (Å²) >= 11 is 0. The number of pyridine rings is 1. The molecule has 28 heavy (non-hydrogen) atoms. The summed E-state index contributed by atoms with van der Waals surface area (Å²) in [6, 6.07) is 4.96. The number of hydrogen-bond donors (Lipinski definition) is 0. The van der Waals surface area contributed by atoms with Crippen LogP contribution < -0.4 is 5.56 Å². The van der Waals surface area contributed by atoms with Crippen LogP contribution in [0.25, 0.3) is 0 Å². The molecule has 0 spiro atoms. The molecule has 0 aliphatic carbocycles. The maximum absolute atomic E-state index is 13.3. The molecule has 2 amide bonds. The molecule has 1 aromatic heterocycles. The second-order valence-corrected chi connectivity index (χ2v) is 9.27. The van der Waals surface area contributed by atoms with E-state index < -0.39 is 17.7 Å². The van der Waals surface area contributed by atoms with E-state index in [4.69, 9.17) is 4.74 Å². The van der Waals surface area contributed by atoms with Gasteiger partial charge in [0.05, 0.1) is 0 Å². The third-order valence-corrected chi connectivity index (χ3v) is 5.96. The number of likely N-dealkylation sites (tertiary alicyclic amines) is 2. The molecule has 4 rings (SSSR count). The van der Waals surface area contributed by atoms with Crippen molar-refractivity contribution in [3.05, 3.63) is 34.2 Å². The van der Waals surface area contributed by atoms with Gasteiger partial charge in [0.25, 0.3) is 5.56 Å². The Kier molecular flexibility index (Phi) is 4.71. The summed E-state index contributed by atoms with van der Waals surface area (Å²) in [6.45, 7) is 7.99. The number of aromatic nitrogens is 1. The minimum atomic E-state index is -0.577. The Hall–Kier alpha value is -2.31. The molecule has 2 saturated heterocycles. The van der Waals surface area contributed by atoms with Gasteiger partial charge in [0.1, 0.15) is 11.6 Å². The van der Waals surface area contributed by atoms with Crippen LogP contribution in [0.2, 0.25) is 0 Å². The van der Waals surface area contributed by atoms with Gasteiger partial charge in [0.2, 0.25) is 5.91 Å². The first-order valence-corrected chi connectivity index (χ1v) is 10.2. The highest BCUT2D eigenvalue weighted by Gasteiger charge is 2.42. The summed E-state index contributed by atoms with van der Waals surface area (Å²) in [4.78, 5) is 41.5. The lowest BCUT2D eigenvalue weighted by molar-refractivity contribution is -0.138. The molecule has 0 radical (unpaired) electrons. The molecular formula is C21H29N3O4. The molecule has 1 aromatic rings. The molecule has 3 atom stereocenters. The summed E-state index contributed by atoms with van der Waals surface area (Å²) in [5.74, 6) is 0.484. The lowest BCUT2D eigenvalue weighted by Gasteiger charge is -2.44. The van der Waals surface area contributed by atoms with Crippen molar-refractivity contribution in [3.63, 3.8) is 0 Å². The number of hydrogen-bond acceptors (Lipinski definition) is 4. The monoisotopic (exact) mass is 387 g/mol. The molecule has 2 fully saturated rings. The molecule has 152 valence electrons. The van der Waals surface area contributed by atoms with Crippen LogP contribution in [0.3, 0.4) is 0 Å². The van der Waals surface area contributed by atoms with Crippen LogP contribution in [0.15, 0.2) is 23.0 Å². The molecule has 0 unspecified atom stereocenters. The van der Waals surface area contributed by atoms with E-state index in [0.29, 0.717) is 32.6 Å². The number of fused-ring (bicyclic) bond motifs is 4. The van der Waals surface area contributed by atoms with E-state index in [-0.39, 0.29) is 23.3 Å². The van der Waals surface area contributed by atoms with E-state index >= 15 is 0 Å². The second-order valence-electron chi connectivity index (χ2n) is 9.27. The molecule has 0 N–H and O–H groups in total. The Morgan fingerprint density at radius 2 is 1.93 bits per heavy atom. The number of nitrogens with zero attached hydrogens (tertiary/aromatic N) is 3. The zero-order valence-electron chi connectivity index (χ0n) is 16.9. The van der Waals surface area contributed by atoms with Crippen molar-refractivity contribution in [2.75, 3.05) is 19.6 Å². The van der Waals surface area contributed by atoms with Gasteiger partial charge in [-0.2, -0.15) is 0 Å². The quantitative estimate of drug-likeness (QED) is 0.741. The average molecular weight is 387 g/mol. The molecule has 7 nitrogen and oxygen atoms in total. The fourth-order valence-corrected chi connectivity index (χ4v) is 4.85. The van der Waals surface area contributed by atoms with Crippen LogP contribution in [-0.2, 0) is 16.1 Å². The van der Waals surface area contributed by atoms with Gasteiger partial charge in [0, 0.05) is 43.9 Å². The standard InChI is InChI=1S/C21H29N3O4/c1-21(2,3)28-20(27)23-9-5-7-17(23)19(26)22-11-14-10-15(13-22)16-6-4-8-18(25)24(16)12-14/h4,6,8,14-15,17H,5,7,9-13H2,1-3H3/t14-,15-,17+/m1/s1. The van der Waals surface area contributed by atoms with Crippen molar-refractivity contribution >= 4 is 12.0 Å². The van der Waals surface area contributed by atoms with Crippen LogP contribution >= 0.6 is 0 Å². The SMILES string of the molecule is CC(C)(C)OC(=O)N1CCC[C@H]1C(=O)N1C[C@H]2C[C@H](C1)c1cccc(=O)n1C2. The Bertz CT molecular complexity index is 841. The summed E-state index contributed by atoms with van der Waals surface area (Å²) < 4.78 is 7.37. The molecule has 4 heterocycles. The highest BCUT2D eigenvalue weighted by atomic mass is 16.6. The Morgan fingerprint density at radius 1 is 1.14 bits per heavy atom. The van der Waals surface area contributed by atoms with Crippen molar-refractivity contribution in [1.29, 1.82) is 0 Å². The first-order valence-electron chi connectivity index (χ1n) is 10.2. The predicted molar refractivity (Wildman–Crippen MR) is 104 cm³/mol. The Morgan fingerprint density at radius 3 is 2.68 bits per heavy atom. The van der Waals surface area contributed by atoms with E-state index in [0.717, 1.165) is 18.5 Å². The molecule has 7 heteroatoms. The van der Waals surface area contributed by atoms with Gasteiger partial charge < -0.3 is 14.2 Å². The molecule has 2 bridgehead atoms. The number of rotatable bonds is 1. The number of carbonyl (C=O) groups is 2. The average Bonchev–Trinajstić information content (AvgIpc) is 3.10. The van der Waals surface area contributed by atoms with Crippen LogP contribution in [-0.4, -0.2) is 57.6 Å². The minimum absolute atomic E-state index is 0.0183. The summed E-state index contributed by atoms with van der Waals surface area (Å²) in [5.41, 5.74) is 0.488. The number of piperidine rings is 1. The molecule has 0 aromatic carbocycles. The van der Waals surface area contributed by atoms with Gasteiger partial charge in [-0.3, -0.25) is 14.5 Å².